The smallest absolute Gasteiger partial charge is 0.340 e. The second-order valence-electron chi connectivity index (χ2n) is 6.78. The van der Waals surface area contributed by atoms with Crippen molar-refractivity contribution in [1.82, 2.24) is 9.88 Å². The molecule has 0 atom stereocenters. The molecule has 0 bridgehead atoms. The molecular formula is C22H20ClN3O3. The molecule has 7 heteroatoms. The van der Waals surface area contributed by atoms with Crippen LogP contribution in [0.4, 0.5) is 5.69 Å². The molecule has 1 aromatic heterocycles. The molecule has 29 heavy (non-hydrogen) atoms. The maximum atomic E-state index is 12.5. The Bertz CT molecular complexity index is 1040. The highest BCUT2D eigenvalue weighted by Crippen LogP contribution is 2.26. The second-order valence-corrected chi connectivity index (χ2v) is 7.18. The van der Waals surface area contributed by atoms with Crippen molar-refractivity contribution < 1.29 is 14.3 Å². The van der Waals surface area contributed by atoms with Crippen LogP contribution in [0.1, 0.15) is 10.4 Å². The Morgan fingerprint density at radius 3 is 2.52 bits per heavy atom. The van der Waals surface area contributed by atoms with E-state index in [0.29, 0.717) is 42.3 Å². The normalized spacial score (nSPS) is 14.1. The van der Waals surface area contributed by atoms with Crippen molar-refractivity contribution >= 4 is 40.1 Å². The molecule has 0 unspecified atom stereocenters. The summed E-state index contributed by atoms with van der Waals surface area (Å²) < 4.78 is 5.28. The Hall–Kier alpha value is -3.12. The molecule has 2 aromatic carbocycles. The lowest BCUT2D eigenvalue weighted by atomic mass is 10.1. The van der Waals surface area contributed by atoms with Crippen molar-refractivity contribution in [2.24, 2.45) is 0 Å². The van der Waals surface area contributed by atoms with Gasteiger partial charge < -0.3 is 14.5 Å². The molecule has 148 valence electrons. The standard InChI is InChI=1S/C22H20ClN3O3/c23-18-8-1-2-9-19(18)25-11-13-26(14-12-25)20(27)15-29-22(28)17-7-3-5-16-6-4-10-24-21(16)17/h1-10H,11-15H2. The van der Waals surface area contributed by atoms with Crippen LogP contribution < -0.4 is 4.90 Å². The number of amides is 1. The Labute approximate surface area is 173 Å². The Balaban J connectivity index is 1.33. The van der Waals surface area contributed by atoms with Crippen LogP contribution in [0.15, 0.2) is 60.8 Å². The number of carbonyl (C=O) groups excluding carboxylic acids is 2. The number of nitrogens with zero attached hydrogens (tertiary/aromatic N) is 3. The first kappa shape index (κ1) is 19.2. The highest BCUT2D eigenvalue weighted by molar-refractivity contribution is 6.33. The molecule has 3 aromatic rings. The molecule has 0 aliphatic carbocycles. The molecule has 6 nitrogen and oxygen atoms in total. The van der Waals surface area contributed by atoms with Crippen molar-refractivity contribution in [3.05, 3.63) is 71.4 Å². The summed E-state index contributed by atoms with van der Waals surface area (Å²) in [4.78, 5) is 33.1. The number of ether oxygens (including phenoxy) is 1. The predicted molar refractivity (Wildman–Crippen MR) is 112 cm³/mol. The number of rotatable bonds is 4. The van der Waals surface area contributed by atoms with Crippen LogP contribution in [0, 0.1) is 0 Å². The summed E-state index contributed by atoms with van der Waals surface area (Å²) in [6.07, 6.45) is 1.63. The van der Waals surface area contributed by atoms with E-state index in [1.807, 2.05) is 42.5 Å². The summed E-state index contributed by atoms with van der Waals surface area (Å²) in [5.41, 5.74) is 1.90. The number of hydrogen-bond acceptors (Lipinski definition) is 5. The Morgan fingerprint density at radius 1 is 0.966 bits per heavy atom. The van der Waals surface area contributed by atoms with E-state index in [1.165, 1.54) is 0 Å². The van der Waals surface area contributed by atoms with E-state index < -0.39 is 5.97 Å². The summed E-state index contributed by atoms with van der Waals surface area (Å²) in [5.74, 6) is -0.747. The minimum Gasteiger partial charge on any atom is -0.452 e. The van der Waals surface area contributed by atoms with Gasteiger partial charge in [0.05, 0.1) is 21.8 Å². The van der Waals surface area contributed by atoms with Gasteiger partial charge in [-0.15, -0.1) is 0 Å². The third kappa shape index (κ3) is 4.17. The Morgan fingerprint density at radius 2 is 1.72 bits per heavy atom. The summed E-state index contributed by atoms with van der Waals surface area (Å²) in [7, 11) is 0. The number of carbonyl (C=O) groups is 2. The molecule has 1 aliphatic rings. The van der Waals surface area contributed by atoms with Gasteiger partial charge in [-0.05, 0) is 24.3 Å². The minimum absolute atomic E-state index is 0.203. The molecule has 1 saturated heterocycles. The van der Waals surface area contributed by atoms with E-state index in [9.17, 15) is 9.59 Å². The van der Waals surface area contributed by atoms with Crippen molar-refractivity contribution in [3.63, 3.8) is 0 Å². The molecule has 0 N–H and O–H groups in total. The van der Waals surface area contributed by atoms with Crippen LogP contribution >= 0.6 is 11.6 Å². The molecule has 0 spiro atoms. The zero-order chi connectivity index (χ0) is 20.2. The van der Waals surface area contributed by atoms with E-state index in [0.717, 1.165) is 11.1 Å². The van der Waals surface area contributed by atoms with Gasteiger partial charge in [0.15, 0.2) is 6.61 Å². The fourth-order valence-electron chi connectivity index (χ4n) is 3.47. The van der Waals surface area contributed by atoms with Gasteiger partial charge in [-0.2, -0.15) is 0 Å². The number of hydrogen-bond donors (Lipinski definition) is 0. The number of esters is 1. The minimum atomic E-state index is -0.544. The number of anilines is 1. The third-order valence-corrected chi connectivity index (χ3v) is 5.32. The number of fused-ring (bicyclic) bond motifs is 1. The summed E-state index contributed by atoms with van der Waals surface area (Å²) in [6, 6.07) is 16.7. The number of benzene rings is 2. The van der Waals surface area contributed by atoms with E-state index >= 15 is 0 Å². The second kappa shape index (κ2) is 8.49. The van der Waals surface area contributed by atoms with Gasteiger partial charge >= 0.3 is 5.97 Å². The zero-order valence-electron chi connectivity index (χ0n) is 15.8. The lowest BCUT2D eigenvalue weighted by Gasteiger charge is -2.36. The summed E-state index contributed by atoms with van der Waals surface area (Å²) in [6.45, 7) is 2.18. The number of pyridine rings is 1. The lowest BCUT2D eigenvalue weighted by Crippen LogP contribution is -2.50. The van der Waals surface area contributed by atoms with Crippen LogP contribution in [0.3, 0.4) is 0 Å². The van der Waals surface area contributed by atoms with Gasteiger partial charge in [0.2, 0.25) is 0 Å². The first-order chi connectivity index (χ1) is 14.1. The fraction of sp³-hybridized carbons (Fsp3) is 0.227. The fourth-order valence-corrected chi connectivity index (χ4v) is 3.73. The number of para-hydroxylation sites is 2. The number of piperazine rings is 1. The lowest BCUT2D eigenvalue weighted by molar-refractivity contribution is -0.134. The van der Waals surface area contributed by atoms with Gasteiger partial charge in [0.1, 0.15) is 0 Å². The molecule has 4 rings (SSSR count). The van der Waals surface area contributed by atoms with E-state index in [-0.39, 0.29) is 12.5 Å². The molecular weight excluding hydrogens is 390 g/mol. The molecule has 1 amide bonds. The molecule has 2 heterocycles. The topological polar surface area (TPSA) is 62.7 Å². The van der Waals surface area contributed by atoms with Crippen LogP contribution in [-0.2, 0) is 9.53 Å². The Kier molecular flexibility index (Phi) is 5.62. The van der Waals surface area contributed by atoms with Crippen molar-refractivity contribution in [2.45, 2.75) is 0 Å². The number of aromatic nitrogens is 1. The van der Waals surface area contributed by atoms with Crippen LogP contribution in [0.5, 0.6) is 0 Å². The predicted octanol–water partition coefficient (Wildman–Crippen LogP) is 3.39. The number of halogens is 1. The van der Waals surface area contributed by atoms with Crippen molar-refractivity contribution in [1.29, 1.82) is 0 Å². The van der Waals surface area contributed by atoms with Gasteiger partial charge in [-0.25, -0.2) is 4.79 Å². The maximum Gasteiger partial charge on any atom is 0.340 e. The SMILES string of the molecule is O=C(OCC(=O)N1CCN(c2ccccc2Cl)CC1)c1cccc2cccnc12. The average molecular weight is 410 g/mol. The van der Waals surface area contributed by atoms with Crippen LogP contribution in [-0.4, -0.2) is 54.5 Å². The summed E-state index contributed by atoms with van der Waals surface area (Å²) in [5, 5.41) is 1.55. The first-order valence-corrected chi connectivity index (χ1v) is 9.79. The molecule has 0 saturated carbocycles. The zero-order valence-corrected chi connectivity index (χ0v) is 16.5. The largest absolute Gasteiger partial charge is 0.452 e. The molecule has 1 aliphatic heterocycles. The van der Waals surface area contributed by atoms with Gasteiger partial charge in [-0.1, -0.05) is 41.9 Å². The first-order valence-electron chi connectivity index (χ1n) is 9.41. The van der Waals surface area contributed by atoms with Gasteiger partial charge in [-0.3, -0.25) is 9.78 Å². The molecule has 1 fully saturated rings. The summed E-state index contributed by atoms with van der Waals surface area (Å²) >= 11 is 6.26. The monoisotopic (exact) mass is 409 g/mol. The van der Waals surface area contributed by atoms with E-state index in [4.69, 9.17) is 16.3 Å². The maximum absolute atomic E-state index is 12.5. The van der Waals surface area contributed by atoms with E-state index in [2.05, 4.69) is 9.88 Å². The van der Waals surface area contributed by atoms with Gasteiger partial charge in [0.25, 0.3) is 5.91 Å². The van der Waals surface area contributed by atoms with Crippen molar-refractivity contribution in [3.8, 4) is 0 Å². The molecule has 0 radical (unpaired) electrons. The van der Waals surface area contributed by atoms with Crippen molar-refractivity contribution in [2.75, 3.05) is 37.7 Å². The van der Waals surface area contributed by atoms with E-state index in [1.54, 1.807) is 23.2 Å². The third-order valence-electron chi connectivity index (χ3n) is 5.00. The van der Waals surface area contributed by atoms with Gasteiger partial charge in [0, 0.05) is 37.8 Å². The quantitative estimate of drug-likeness (QED) is 0.618. The highest BCUT2D eigenvalue weighted by atomic mass is 35.5. The average Bonchev–Trinajstić information content (AvgIpc) is 2.77. The highest BCUT2D eigenvalue weighted by Gasteiger charge is 2.23. The van der Waals surface area contributed by atoms with Crippen LogP contribution in [0.2, 0.25) is 5.02 Å². The van der Waals surface area contributed by atoms with Crippen LogP contribution in [0.25, 0.3) is 10.9 Å².